The lowest BCUT2D eigenvalue weighted by atomic mass is 9.64. The maximum Gasteiger partial charge on any atom is 0.226 e. The second kappa shape index (κ2) is 5.79. The van der Waals surface area contributed by atoms with Gasteiger partial charge in [0, 0.05) is 23.8 Å². The summed E-state index contributed by atoms with van der Waals surface area (Å²) in [5.41, 5.74) is 6.89. The SMILES string of the molecule is CCOC1CC(NC(=O)Cc2ccc(N)cn2)C1(C)C. The lowest BCUT2D eigenvalue weighted by molar-refractivity contribution is -0.136. The van der Waals surface area contributed by atoms with Crippen LogP contribution in [0.25, 0.3) is 0 Å². The minimum absolute atomic E-state index is 0.00436. The van der Waals surface area contributed by atoms with Crippen molar-refractivity contribution in [2.45, 2.75) is 45.8 Å². The molecule has 0 spiro atoms. The second-order valence-electron chi connectivity index (χ2n) is 5.88. The first-order valence-electron chi connectivity index (χ1n) is 7.05. The number of anilines is 1. The normalized spacial score (nSPS) is 23.9. The van der Waals surface area contributed by atoms with Crippen molar-refractivity contribution in [2.75, 3.05) is 12.3 Å². The molecule has 0 aliphatic heterocycles. The van der Waals surface area contributed by atoms with E-state index in [1.54, 1.807) is 18.3 Å². The van der Waals surface area contributed by atoms with Crippen LogP contribution in [0.5, 0.6) is 0 Å². The van der Waals surface area contributed by atoms with Crippen molar-refractivity contribution in [1.82, 2.24) is 10.3 Å². The summed E-state index contributed by atoms with van der Waals surface area (Å²) in [4.78, 5) is 16.2. The second-order valence-corrected chi connectivity index (χ2v) is 5.88. The molecule has 1 fully saturated rings. The molecule has 2 atom stereocenters. The topological polar surface area (TPSA) is 77.2 Å². The van der Waals surface area contributed by atoms with Gasteiger partial charge in [0.25, 0.3) is 0 Å². The highest BCUT2D eigenvalue weighted by Crippen LogP contribution is 2.42. The van der Waals surface area contributed by atoms with Gasteiger partial charge in [-0.15, -0.1) is 0 Å². The molecule has 1 amide bonds. The minimum atomic E-state index is -0.0137. The largest absolute Gasteiger partial charge is 0.397 e. The number of amides is 1. The highest BCUT2D eigenvalue weighted by molar-refractivity contribution is 5.78. The first-order chi connectivity index (χ1) is 9.43. The van der Waals surface area contributed by atoms with Gasteiger partial charge in [-0.25, -0.2) is 0 Å². The first-order valence-corrected chi connectivity index (χ1v) is 7.05. The fourth-order valence-electron chi connectivity index (χ4n) is 2.56. The average Bonchev–Trinajstić information content (AvgIpc) is 2.40. The molecule has 1 aliphatic rings. The van der Waals surface area contributed by atoms with E-state index in [1.165, 1.54) is 0 Å². The number of pyridine rings is 1. The van der Waals surface area contributed by atoms with Gasteiger partial charge in [-0.3, -0.25) is 9.78 Å². The van der Waals surface area contributed by atoms with Crippen LogP contribution in [0.4, 0.5) is 5.69 Å². The molecule has 2 rings (SSSR count). The minimum Gasteiger partial charge on any atom is -0.397 e. The van der Waals surface area contributed by atoms with E-state index in [0.717, 1.165) is 12.1 Å². The number of rotatable bonds is 5. The highest BCUT2D eigenvalue weighted by atomic mass is 16.5. The monoisotopic (exact) mass is 277 g/mol. The Kier molecular flexibility index (Phi) is 4.28. The van der Waals surface area contributed by atoms with Crippen LogP contribution >= 0.6 is 0 Å². The van der Waals surface area contributed by atoms with Crippen molar-refractivity contribution in [3.8, 4) is 0 Å². The Morgan fingerprint density at radius 2 is 2.30 bits per heavy atom. The van der Waals surface area contributed by atoms with Crippen molar-refractivity contribution in [3.63, 3.8) is 0 Å². The van der Waals surface area contributed by atoms with Crippen LogP contribution in [0.15, 0.2) is 18.3 Å². The number of nitrogen functional groups attached to an aromatic ring is 1. The third-order valence-electron chi connectivity index (χ3n) is 4.07. The first kappa shape index (κ1) is 14.8. The number of aromatic nitrogens is 1. The lowest BCUT2D eigenvalue weighted by Gasteiger charge is -2.51. The Balaban J connectivity index is 1.85. The van der Waals surface area contributed by atoms with Gasteiger partial charge in [0.05, 0.1) is 24.4 Å². The summed E-state index contributed by atoms with van der Waals surface area (Å²) in [6.07, 6.45) is 2.96. The summed E-state index contributed by atoms with van der Waals surface area (Å²) in [6, 6.07) is 3.71. The number of carbonyl (C=O) groups excluding carboxylic acids is 1. The molecule has 110 valence electrons. The van der Waals surface area contributed by atoms with Gasteiger partial charge < -0.3 is 15.8 Å². The van der Waals surface area contributed by atoms with E-state index in [2.05, 4.69) is 24.1 Å². The molecule has 3 N–H and O–H groups in total. The molecular weight excluding hydrogens is 254 g/mol. The molecule has 20 heavy (non-hydrogen) atoms. The smallest absolute Gasteiger partial charge is 0.226 e. The molecule has 5 heteroatoms. The molecule has 0 radical (unpaired) electrons. The van der Waals surface area contributed by atoms with Crippen molar-refractivity contribution in [3.05, 3.63) is 24.0 Å². The van der Waals surface area contributed by atoms with Crippen molar-refractivity contribution in [1.29, 1.82) is 0 Å². The molecule has 0 saturated heterocycles. The molecule has 0 aromatic carbocycles. The van der Waals surface area contributed by atoms with Crippen LogP contribution in [-0.4, -0.2) is 29.6 Å². The number of nitrogens with zero attached hydrogens (tertiary/aromatic N) is 1. The number of hydrogen-bond donors (Lipinski definition) is 2. The number of nitrogens with two attached hydrogens (primary N) is 1. The van der Waals surface area contributed by atoms with Gasteiger partial charge >= 0.3 is 0 Å². The molecule has 1 heterocycles. The van der Waals surface area contributed by atoms with E-state index in [-0.39, 0.29) is 29.9 Å². The van der Waals surface area contributed by atoms with Crippen LogP contribution in [0.3, 0.4) is 0 Å². The Labute approximate surface area is 119 Å². The predicted octanol–water partition coefficient (Wildman–Crippen LogP) is 1.53. The molecular formula is C15H23N3O2. The average molecular weight is 277 g/mol. The summed E-state index contributed by atoms with van der Waals surface area (Å²) in [5, 5.41) is 3.07. The van der Waals surface area contributed by atoms with Crippen LogP contribution in [0.2, 0.25) is 0 Å². The zero-order valence-electron chi connectivity index (χ0n) is 12.3. The van der Waals surface area contributed by atoms with Crippen molar-refractivity contribution < 1.29 is 9.53 Å². The molecule has 2 unspecified atom stereocenters. The van der Waals surface area contributed by atoms with Gasteiger partial charge in [-0.1, -0.05) is 13.8 Å². The summed E-state index contributed by atoms with van der Waals surface area (Å²) >= 11 is 0. The van der Waals surface area contributed by atoms with Crippen LogP contribution in [0, 0.1) is 5.41 Å². The van der Waals surface area contributed by atoms with Crippen molar-refractivity contribution in [2.24, 2.45) is 5.41 Å². The summed E-state index contributed by atoms with van der Waals surface area (Å²) < 4.78 is 5.66. The van der Waals surface area contributed by atoms with E-state index < -0.39 is 0 Å². The quantitative estimate of drug-likeness (QED) is 0.855. The third-order valence-corrected chi connectivity index (χ3v) is 4.07. The van der Waals surface area contributed by atoms with Crippen LogP contribution in [0.1, 0.15) is 32.9 Å². The van der Waals surface area contributed by atoms with E-state index >= 15 is 0 Å². The highest BCUT2D eigenvalue weighted by Gasteiger charge is 2.49. The van der Waals surface area contributed by atoms with E-state index in [0.29, 0.717) is 12.3 Å². The maximum atomic E-state index is 12.0. The zero-order chi connectivity index (χ0) is 14.8. The van der Waals surface area contributed by atoms with Gasteiger partial charge in [0.1, 0.15) is 0 Å². The van der Waals surface area contributed by atoms with E-state index in [4.69, 9.17) is 10.5 Å². The molecule has 0 bridgehead atoms. The number of ether oxygens (including phenoxy) is 1. The van der Waals surface area contributed by atoms with Gasteiger partial charge in [0.15, 0.2) is 0 Å². The van der Waals surface area contributed by atoms with Crippen molar-refractivity contribution >= 4 is 11.6 Å². The van der Waals surface area contributed by atoms with E-state index in [9.17, 15) is 4.79 Å². The number of carbonyl (C=O) groups is 1. The summed E-state index contributed by atoms with van der Waals surface area (Å²) in [5.74, 6) is -0.00436. The van der Waals surface area contributed by atoms with Crippen LogP contribution in [-0.2, 0) is 16.0 Å². The third kappa shape index (κ3) is 3.10. The fourth-order valence-corrected chi connectivity index (χ4v) is 2.56. The number of hydrogen-bond acceptors (Lipinski definition) is 4. The molecule has 1 aromatic rings. The van der Waals surface area contributed by atoms with Crippen LogP contribution < -0.4 is 11.1 Å². The zero-order valence-corrected chi connectivity index (χ0v) is 12.3. The number of nitrogens with one attached hydrogen (secondary N) is 1. The van der Waals surface area contributed by atoms with Gasteiger partial charge in [-0.2, -0.15) is 0 Å². The molecule has 5 nitrogen and oxygen atoms in total. The molecule has 1 aromatic heterocycles. The Morgan fingerprint density at radius 3 is 2.85 bits per heavy atom. The Hall–Kier alpha value is -1.62. The maximum absolute atomic E-state index is 12.0. The van der Waals surface area contributed by atoms with Gasteiger partial charge in [-0.05, 0) is 25.5 Å². The van der Waals surface area contributed by atoms with Gasteiger partial charge in [0.2, 0.25) is 5.91 Å². The van der Waals surface area contributed by atoms with E-state index in [1.807, 2.05) is 6.92 Å². The lowest BCUT2D eigenvalue weighted by Crippen LogP contribution is -2.62. The fraction of sp³-hybridized carbons (Fsp3) is 0.600. The molecule has 1 aliphatic carbocycles. The Bertz CT molecular complexity index is 471. The molecule has 1 saturated carbocycles. The Morgan fingerprint density at radius 1 is 1.55 bits per heavy atom. The summed E-state index contributed by atoms with van der Waals surface area (Å²) in [7, 11) is 0. The predicted molar refractivity (Wildman–Crippen MR) is 78.1 cm³/mol. The standard InChI is InChI=1S/C15H23N3O2/c1-4-20-13-8-12(15(13,2)3)18-14(19)7-11-6-5-10(16)9-17-11/h5-6,9,12-13H,4,7-8,16H2,1-3H3,(H,18,19). The summed E-state index contributed by atoms with van der Waals surface area (Å²) in [6.45, 7) is 6.96.